The van der Waals surface area contributed by atoms with E-state index in [0.717, 1.165) is 33.4 Å². The highest BCUT2D eigenvalue weighted by atomic mass is 16.6. The van der Waals surface area contributed by atoms with Gasteiger partial charge in [0.15, 0.2) is 0 Å². The van der Waals surface area contributed by atoms with Crippen molar-refractivity contribution in [1.82, 2.24) is 0 Å². The van der Waals surface area contributed by atoms with E-state index in [1.165, 1.54) is 36.4 Å². The number of nitro groups is 3. The molecule has 0 saturated heterocycles. The van der Waals surface area contributed by atoms with Crippen LogP contribution >= 0.6 is 0 Å². The van der Waals surface area contributed by atoms with Gasteiger partial charge < -0.3 is 14.2 Å². The van der Waals surface area contributed by atoms with E-state index in [9.17, 15) is 30.3 Å². The fourth-order valence-corrected chi connectivity index (χ4v) is 5.97. The van der Waals surface area contributed by atoms with Crippen molar-refractivity contribution in [2.75, 3.05) is 0 Å². The van der Waals surface area contributed by atoms with Gasteiger partial charge >= 0.3 is 0 Å². The Morgan fingerprint density at radius 2 is 0.603 bits per heavy atom. The maximum absolute atomic E-state index is 10.9. The van der Waals surface area contributed by atoms with E-state index in [1.807, 2.05) is 91.0 Å². The number of nitrogens with zero attached hydrogens (tertiary/aromatic N) is 6. The van der Waals surface area contributed by atoms with Crippen LogP contribution in [0.1, 0.15) is 33.4 Å². The van der Waals surface area contributed by atoms with Gasteiger partial charge in [0.1, 0.15) is 37.1 Å². The Morgan fingerprint density at radius 1 is 0.365 bits per heavy atom. The predicted octanol–water partition coefficient (Wildman–Crippen LogP) is 11.4. The van der Waals surface area contributed by atoms with E-state index in [4.69, 9.17) is 14.2 Å². The van der Waals surface area contributed by atoms with Crippen molar-refractivity contribution in [2.45, 2.75) is 19.8 Å². The summed E-state index contributed by atoms with van der Waals surface area (Å²) in [5.74, 6) is 1.95. The van der Waals surface area contributed by atoms with Gasteiger partial charge in [-0.3, -0.25) is 45.3 Å². The quantitative estimate of drug-likeness (QED) is 0.0459. The molecule has 0 aromatic heterocycles. The number of aliphatic imine (C=N–C) groups is 3. The molecule has 0 aliphatic heterocycles. The molecule has 0 radical (unpaired) electrons. The van der Waals surface area contributed by atoms with Crippen LogP contribution < -0.4 is 14.2 Å². The number of non-ortho nitro benzene ring substituents is 3. The molecule has 0 atom stereocenters. The van der Waals surface area contributed by atoms with Crippen molar-refractivity contribution < 1.29 is 29.0 Å². The first-order valence-electron chi connectivity index (χ1n) is 19.3. The number of rotatable bonds is 18. The van der Waals surface area contributed by atoms with Crippen molar-refractivity contribution in [1.29, 1.82) is 0 Å². The fraction of sp³-hybridized carbons (Fsp3) is 0.0625. The highest BCUT2D eigenvalue weighted by molar-refractivity contribution is 5.83. The zero-order valence-corrected chi connectivity index (χ0v) is 33.3. The molecule has 312 valence electrons. The maximum atomic E-state index is 10.9. The Kier molecular flexibility index (Phi) is 13.7. The molecule has 0 fully saturated rings. The second-order valence-corrected chi connectivity index (χ2v) is 13.8. The molecule has 0 aliphatic rings. The Hall–Kier alpha value is -8.85. The number of hydrogen-bond acceptors (Lipinski definition) is 12. The number of ether oxygens (including phenoxy) is 3. The smallest absolute Gasteiger partial charge is 0.269 e. The first kappa shape index (κ1) is 42.3. The van der Waals surface area contributed by atoms with Crippen molar-refractivity contribution in [3.63, 3.8) is 0 Å². The topological polar surface area (TPSA) is 194 Å². The maximum Gasteiger partial charge on any atom is 0.269 e. The lowest BCUT2D eigenvalue weighted by atomic mass is 10.1. The summed E-state index contributed by atoms with van der Waals surface area (Å²) in [5.41, 5.74) is 6.96. The molecule has 15 heteroatoms. The second-order valence-electron chi connectivity index (χ2n) is 13.8. The molecule has 0 aliphatic carbocycles. The van der Waals surface area contributed by atoms with Crippen molar-refractivity contribution in [3.8, 4) is 17.2 Å². The molecule has 15 nitrogen and oxygen atoms in total. The Bertz CT molecular complexity index is 2460. The summed E-state index contributed by atoms with van der Waals surface area (Å²) in [5, 5.41) is 32.8. The molecule has 63 heavy (non-hydrogen) atoms. The van der Waals surface area contributed by atoms with Crippen molar-refractivity contribution >= 4 is 52.8 Å². The zero-order valence-electron chi connectivity index (χ0n) is 33.3. The highest BCUT2D eigenvalue weighted by Crippen LogP contribution is 2.24. The van der Waals surface area contributed by atoms with E-state index in [1.54, 1.807) is 55.0 Å². The summed E-state index contributed by atoms with van der Waals surface area (Å²) in [4.78, 5) is 44.6. The summed E-state index contributed by atoms with van der Waals surface area (Å²) in [6.07, 6.45) is 5.02. The van der Waals surface area contributed by atoms with Gasteiger partial charge in [-0.15, -0.1) is 0 Å². The molecule has 7 aromatic carbocycles. The molecular formula is C48H36N6O9. The van der Waals surface area contributed by atoms with E-state index >= 15 is 0 Å². The number of hydrogen-bond donors (Lipinski definition) is 0. The lowest BCUT2D eigenvalue weighted by molar-refractivity contribution is -0.385. The standard InChI is InChI=1S/C48H36N6O9/c55-52(56)43-13-7-40(8-14-43)49-28-34-1-19-46(20-2-34)61-31-37-25-38(32-62-47-21-3-35(4-22-47)29-50-41-9-15-44(16-10-41)53(57)58)27-39(26-37)33-63-48-23-5-36(6-24-48)30-51-42-11-17-45(18-12-42)54(59)60/h1-30H,31-33H2. The van der Waals surface area contributed by atoms with Gasteiger partial charge in [-0.1, -0.05) is 0 Å². The molecule has 0 saturated carbocycles. The first-order valence-corrected chi connectivity index (χ1v) is 19.3. The minimum atomic E-state index is -0.453. The Labute approximate surface area is 360 Å². The molecule has 0 spiro atoms. The summed E-state index contributed by atoms with van der Waals surface area (Å²) in [6.45, 7) is 0.800. The number of benzene rings is 7. The largest absolute Gasteiger partial charge is 0.489 e. The normalized spacial score (nSPS) is 11.2. The summed E-state index contributed by atoms with van der Waals surface area (Å²) < 4.78 is 18.5. The molecule has 7 rings (SSSR count). The third-order valence-electron chi connectivity index (χ3n) is 9.24. The van der Waals surface area contributed by atoms with Gasteiger partial charge in [0.05, 0.1) is 31.8 Å². The third kappa shape index (κ3) is 12.6. The minimum Gasteiger partial charge on any atom is -0.489 e. The highest BCUT2D eigenvalue weighted by Gasteiger charge is 2.08. The average Bonchev–Trinajstić information content (AvgIpc) is 3.31. The molecule has 0 N–H and O–H groups in total. The first-order chi connectivity index (χ1) is 30.6. The molecule has 0 unspecified atom stereocenters. The van der Waals surface area contributed by atoms with Gasteiger partial charge in [-0.05, 0) is 161 Å². The van der Waals surface area contributed by atoms with Gasteiger partial charge in [-0.2, -0.15) is 0 Å². The van der Waals surface area contributed by atoms with Crippen molar-refractivity contribution in [3.05, 3.63) is 228 Å². The van der Waals surface area contributed by atoms with Gasteiger partial charge in [0.25, 0.3) is 17.1 Å². The van der Waals surface area contributed by atoms with Crippen LogP contribution in [0.25, 0.3) is 0 Å². The van der Waals surface area contributed by atoms with Gasteiger partial charge in [-0.25, -0.2) is 0 Å². The van der Waals surface area contributed by atoms with Crippen LogP contribution in [-0.4, -0.2) is 33.4 Å². The predicted molar refractivity (Wildman–Crippen MR) is 240 cm³/mol. The van der Waals surface area contributed by atoms with Crippen LogP contribution in [0.3, 0.4) is 0 Å². The van der Waals surface area contributed by atoms with E-state index in [-0.39, 0.29) is 36.9 Å². The van der Waals surface area contributed by atoms with E-state index in [0.29, 0.717) is 34.3 Å². The van der Waals surface area contributed by atoms with Crippen LogP contribution in [0, 0.1) is 30.3 Å². The fourth-order valence-electron chi connectivity index (χ4n) is 5.97. The van der Waals surface area contributed by atoms with Crippen LogP contribution in [0.4, 0.5) is 34.1 Å². The minimum absolute atomic E-state index is 0.00232. The van der Waals surface area contributed by atoms with Gasteiger partial charge in [0.2, 0.25) is 0 Å². The van der Waals surface area contributed by atoms with Crippen LogP contribution in [0.15, 0.2) is 179 Å². The Morgan fingerprint density at radius 3 is 0.825 bits per heavy atom. The number of nitro benzene ring substituents is 3. The molecular weight excluding hydrogens is 805 g/mol. The summed E-state index contributed by atoms with van der Waals surface area (Å²) in [7, 11) is 0. The summed E-state index contributed by atoms with van der Waals surface area (Å²) >= 11 is 0. The van der Waals surface area contributed by atoms with E-state index < -0.39 is 14.8 Å². The SMILES string of the molecule is O=[N+]([O-])c1ccc(N=Cc2ccc(OCc3cc(COc4ccc(C=Nc5ccc([N+](=O)[O-])cc5)cc4)cc(COc4ccc(C=Nc5ccc([N+](=O)[O-])cc5)cc4)c3)cc2)cc1. The van der Waals surface area contributed by atoms with Crippen LogP contribution in [0.2, 0.25) is 0 Å². The van der Waals surface area contributed by atoms with E-state index in [2.05, 4.69) is 15.0 Å². The van der Waals surface area contributed by atoms with Crippen LogP contribution in [-0.2, 0) is 19.8 Å². The molecule has 7 aromatic rings. The third-order valence-corrected chi connectivity index (χ3v) is 9.24. The lowest BCUT2D eigenvalue weighted by Crippen LogP contribution is -2.04. The molecule has 0 amide bonds. The Balaban J connectivity index is 0.998. The zero-order chi connectivity index (χ0) is 44.0. The average molecular weight is 841 g/mol. The monoisotopic (exact) mass is 840 g/mol. The van der Waals surface area contributed by atoms with Crippen molar-refractivity contribution in [2.24, 2.45) is 15.0 Å². The molecule has 0 heterocycles. The lowest BCUT2D eigenvalue weighted by Gasteiger charge is -2.13. The molecule has 0 bridgehead atoms. The van der Waals surface area contributed by atoms with Gasteiger partial charge in [0, 0.05) is 55.0 Å². The second kappa shape index (κ2) is 20.4. The van der Waals surface area contributed by atoms with Crippen LogP contribution in [0.5, 0.6) is 17.2 Å². The summed E-state index contributed by atoms with van der Waals surface area (Å²) in [6, 6.07) is 46.3.